The lowest BCUT2D eigenvalue weighted by Crippen LogP contribution is -2.71. The van der Waals surface area contributed by atoms with Crippen molar-refractivity contribution in [3.63, 3.8) is 0 Å². The highest BCUT2D eigenvalue weighted by atomic mass is 32.2. The van der Waals surface area contributed by atoms with Gasteiger partial charge in [-0.15, -0.1) is 0 Å². The number of hydrogen-bond acceptors (Lipinski definition) is 4. The molecule has 178 valence electrons. The van der Waals surface area contributed by atoms with Crippen LogP contribution >= 0.6 is 0 Å². The second-order valence-corrected chi connectivity index (χ2v) is 11.8. The maximum Gasteiger partial charge on any atom is 0.247 e. The lowest BCUT2D eigenvalue weighted by atomic mass is 9.91. The minimum atomic E-state index is -3.62. The molecule has 2 aliphatic rings. The van der Waals surface area contributed by atoms with Gasteiger partial charge in [0.25, 0.3) is 0 Å². The molecule has 2 fully saturated rings. The third-order valence-electron chi connectivity index (χ3n) is 6.69. The van der Waals surface area contributed by atoms with Crippen LogP contribution in [0.4, 0.5) is 5.69 Å². The zero-order valence-corrected chi connectivity index (χ0v) is 20.6. The average molecular weight is 464 g/mol. The van der Waals surface area contributed by atoms with Gasteiger partial charge in [-0.3, -0.25) is 14.5 Å². The Labute approximate surface area is 192 Å². The molecule has 0 spiro atoms. The Morgan fingerprint density at radius 3 is 2.19 bits per heavy atom. The number of amides is 2. The van der Waals surface area contributed by atoms with Crippen molar-refractivity contribution in [2.75, 3.05) is 23.7 Å². The fraction of sp³-hybridized carbons (Fsp3) is 0.667. The smallest absolute Gasteiger partial charge is 0.247 e. The minimum Gasteiger partial charge on any atom is -0.351 e. The predicted octanol–water partition coefficient (Wildman–Crippen LogP) is 3.29. The molecule has 1 aliphatic heterocycles. The molecule has 1 aliphatic carbocycles. The van der Waals surface area contributed by atoms with Gasteiger partial charge in [0, 0.05) is 18.3 Å². The summed E-state index contributed by atoms with van der Waals surface area (Å²) in [6.45, 7) is 6.84. The molecule has 1 saturated carbocycles. The number of nitrogens with zero attached hydrogens (tertiary/aromatic N) is 2. The highest BCUT2D eigenvalue weighted by Gasteiger charge is 2.51. The standard InChI is InChI=1S/C24H37N3O4S/c1-5-32(30,31)26-16-22(28)27(21-14-18(2)13-19(3)15-21)24(4,17-26)23(29)25-20-11-9-7-6-8-10-12-20/h13-15,20H,5-12,16-17H2,1-4H3,(H,25,29)/t24-/m0/s1. The summed E-state index contributed by atoms with van der Waals surface area (Å²) in [5.41, 5.74) is 1.27. The number of aryl methyl sites for hydroxylation is 2. The largest absolute Gasteiger partial charge is 0.351 e. The first-order chi connectivity index (χ1) is 15.1. The van der Waals surface area contributed by atoms with Crippen LogP contribution in [0, 0.1) is 13.8 Å². The van der Waals surface area contributed by atoms with Gasteiger partial charge < -0.3 is 5.32 Å². The number of benzene rings is 1. The van der Waals surface area contributed by atoms with E-state index < -0.39 is 15.6 Å². The Kier molecular flexibility index (Phi) is 7.65. The van der Waals surface area contributed by atoms with Gasteiger partial charge >= 0.3 is 0 Å². The highest BCUT2D eigenvalue weighted by molar-refractivity contribution is 7.89. The molecule has 1 saturated heterocycles. The second kappa shape index (κ2) is 9.91. The zero-order chi connectivity index (χ0) is 23.5. The number of carbonyl (C=O) groups is 2. The normalized spacial score (nSPS) is 24.1. The van der Waals surface area contributed by atoms with Crippen molar-refractivity contribution in [2.24, 2.45) is 0 Å². The van der Waals surface area contributed by atoms with Crippen LogP contribution in [0.2, 0.25) is 0 Å². The Morgan fingerprint density at radius 1 is 1.06 bits per heavy atom. The molecule has 1 N–H and O–H groups in total. The van der Waals surface area contributed by atoms with Crippen LogP contribution in [-0.2, 0) is 19.6 Å². The topological polar surface area (TPSA) is 86.8 Å². The number of rotatable bonds is 5. The van der Waals surface area contributed by atoms with Crippen LogP contribution in [0.3, 0.4) is 0 Å². The third-order valence-corrected chi connectivity index (χ3v) is 8.47. The summed E-state index contributed by atoms with van der Waals surface area (Å²) in [6, 6.07) is 5.83. The predicted molar refractivity (Wildman–Crippen MR) is 127 cm³/mol. The summed E-state index contributed by atoms with van der Waals surface area (Å²) in [5, 5.41) is 3.18. The van der Waals surface area contributed by atoms with Crippen molar-refractivity contribution in [3.05, 3.63) is 29.3 Å². The molecule has 0 bridgehead atoms. The lowest BCUT2D eigenvalue weighted by Gasteiger charge is -2.47. The molecule has 0 aromatic heterocycles. The van der Waals surface area contributed by atoms with Crippen molar-refractivity contribution < 1.29 is 18.0 Å². The van der Waals surface area contributed by atoms with E-state index in [9.17, 15) is 18.0 Å². The van der Waals surface area contributed by atoms with Gasteiger partial charge in [-0.1, -0.05) is 38.2 Å². The number of anilines is 1. The fourth-order valence-corrected chi connectivity index (χ4v) is 6.09. The number of hydrogen-bond donors (Lipinski definition) is 1. The van der Waals surface area contributed by atoms with E-state index in [1.807, 2.05) is 32.0 Å². The first kappa shape index (κ1) is 24.7. The maximum atomic E-state index is 13.7. The monoisotopic (exact) mass is 463 g/mol. The Balaban J connectivity index is 1.98. The summed E-state index contributed by atoms with van der Waals surface area (Å²) in [6.07, 6.45) is 7.53. The van der Waals surface area contributed by atoms with E-state index in [-0.39, 0.29) is 36.7 Å². The minimum absolute atomic E-state index is 0.0500. The van der Waals surface area contributed by atoms with Crippen LogP contribution in [0.1, 0.15) is 69.9 Å². The fourth-order valence-electron chi connectivity index (χ4n) is 4.97. The van der Waals surface area contributed by atoms with Crippen molar-refractivity contribution >= 4 is 27.5 Å². The molecule has 1 heterocycles. The maximum absolute atomic E-state index is 13.7. The quantitative estimate of drug-likeness (QED) is 0.726. The van der Waals surface area contributed by atoms with Crippen molar-refractivity contribution in [1.82, 2.24) is 9.62 Å². The van der Waals surface area contributed by atoms with Crippen molar-refractivity contribution in [3.8, 4) is 0 Å². The van der Waals surface area contributed by atoms with Crippen molar-refractivity contribution in [2.45, 2.75) is 84.2 Å². The van der Waals surface area contributed by atoms with E-state index in [1.165, 1.54) is 28.5 Å². The molecule has 3 rings (SSSR count). The molecule has 32 heavy (non-hydrogen) atoms. The van der Waals surface area contributed by atoms with Gasteiger partial charge in [0.1, 0.15) is 5.54 Å². The van der Waals surface area contributed by atoms with Gasteiger partial charge in [0.05, 0.1) is 12.3 Å². The molecule has 0 radical (unpaired) electrons. The van der Waals surface area contributed by atoms with Gasteiger partial charge in [0.2, 0.25) is 21.8 Å². The number of nitrogens with one attached hydrogen (secondary N) is 1. The van der Waals surface area contributed by atoms with Crippen LogP contribution < -0.4 is 10.2 Å². The van der Waals surface area contributed by atoms with Crippen molar-refractivity contribution in [1.29, 1.82) is 0 Å². The van der Waals surface area contributed by atoms with Crippen LogP contribution in [0.5, 0.6) is 0 Å². The first-order valence-corrected chi connectivity index (χ1v) is 13.4. The van der Waals surface area contributed by atoms with Gasteiger partial charge in [-0.25, -0.2) is 8.42 Å². The second-order valence-electron chi connectivity index (χ2n) is 9.53. The average Bonchev–Trinajstić information content (AvgIpc) is 2.68. The summed E-state index contributed by atoms with van der Waals surface area (Å²) >= 11 is 0. The van der Waals surface area contributed by atoms with Crippen LogP contribution in [0.25, 0.3) is 0 Å². The Morgan fingerprint density at radius 2 is 1.62 bits per heavy atom. The van der Waals surface area contributed by atoms with E-state index >= 15 is 0 Å². The first-order valence-electron chi connectivity index (χ1n) is 11.8. The molecular formula is C24H37N3O4S. The van der Waals surface area contributed by atoms with Gasteiger partial charge in [-0.05, 0) is 63.8 Å². The summed E-state index contributed by atoms with van der Waals surface area (Å²) in [4.78, 5) is 28.6. The van der Waals surface area contributed by atoms with Gasteiger partial charge in [-0.2, -0.15) is 4.31 Å². The SMILES string of the molecule is CCS(=O)(=O)N1CC(=O)N(c2cc(C)cc(C)c2)[C@](C)(C(=O)NC2CCCCCCC2)C1. The summed E-state index contributed by atoms with van der Waals surface area (Å²) < 4.78 is 26.5. The number of carbonyl (C=O) groups excluding carboxylic acids is 2. The van der Waals surface area contributed by atoms with E-state index in [4.69, 9.17) is 0 Å². The molecule has 2 amide bonds. The number of sulfonamides is 1. The van der Waals surface area contributed by atoms with Gasteiger partial charge in [0.15, 0.2) is 0 Å². The summed E-state index contributed by atoms with van der Waals surface area (Å²) in [5.74, 6) is -0.773. The zero-order valence-electron chi connectivity index (χ0n) is 19.8. The molecule has 0 unspecified atom stereocenters. The molecule has 7 nitrogen and oxygen atoms in total. The molecule has 1 aromatic carbocycles. The van der Waals surface area contributed by atoms with E-state index in [0.29, 0.717) is 5.69 Å². The molecule has 1 aromatic rings. The van der Waals surface area contributed by atoms with E-state index in [0.717, 1.165) is 36.8 Å². The number of piperazine rings is 1. The third kappa shape index (κ3) is 5.34. The van der Waals surface area contributed by atoms with Crippen LogP contribution in [0.15, 0.2) is 18.2 Å². The molecular weight excluding hydrogens is 426 g/mol. The summed E-state index contributed by atoms with van der Waals surface area (Å²) in [7, 11) is -3.62. The molecule has 1 atom stereocenters. The van der Waals surface area contributed by atoms with Crippen LogP contribution in [-0.4, -0.2) is 55.0 Å². The molecule has 8 heteroatoms. The van der Waals surface area contributed by atoms with E-state index in [1.54, 1.807) is 13.8 Å². The highest BCUT2D eigenvalue weighted by Crippen LogP contribution is 2.32. The Bertz CT molecular complexity index is 934. The van der Waals surface area contributed by atoms with E-state index in [2.05, 4.69) is 5.32 Å². The Hall–Kier alpha value is -1.93. The lowest BCUT2D eigenvalue weighted by molar-refractivity contribution is -0.133.